The molecular formula is C9H18O2. The van der Waals surface area contributed by atoms with Crippen LogP contribution in [0.5, 0.6) is 0 Å². The summed E-state index contributed by atoms with van der Waals surface area (Å²) in [5, 5.41) is 18.4. The summed E-state index contributed by atoms with van der Waals surface area (Å²) in [5.41, 5.74) is 0.178. The fourth-order valence-corrected chi connectivity index (χ4v) is 1.53. The van der Waals surface area contributed by atoms with Crippen molar-refractivity contribution < 1.29 is 10.2 Å². The van der Waals surface area contributed by atoms with E-state index < -0.39 is 0 Å². The summed E-state index contributed by atoms with van der Waals surface area (Å²) in [7, 11) is 0. The molecule has 0 saturated heterocycles. The lowest BCUT2D eigenvalue weighted by Gasteiger charge is -2.18. The molecule has 0 radical (unpaired) electrons. The van der Waals surface area contributed by atoms with Gasteiger partial charge in [0, 0.05) is 0 Å². The molecule has 0 aromatic rings. The van der Waals surface area contributed by atoms with E-state index in [2.05, 4.69) is 0 Å². The average molecular weight is 158 g/mol. The van der Waals surface area contributed by atoms with Crippen LogP contribution in [0.4, 0.5) is 0 Å². The Labute approximate surface area is 68.2 Å². The lowest BCUT2D eigenvalue weighted by atomic mass is 9.93. The molecule has 1 fully saturated rings. The van der Waals surface area contributed by atoms with Crippen LogP contribution in [0.15, 0.2) is 0 Å². The monoisotopic (exact) mass is 158 g/mol. The third kappa shape index (κ3) is 2.17. The van der Waals surface area contributed by atoms with Crippen LogP contribution < -0.4 is 0 Å². The molecule has 0 aliphatic heterocycles. The third-order valence-electron chi connectivity index (χ3n) is 2.84. The van der Waals surface area contributed by atoms with Gasteiger partial charge in [0.25, 0.3) is 0 Å². The van der Waals surface area contributed by atoms with Crippen molar-refractivity contribution in [1.82, 2.24) is 0 Å². The summed E-state index contributed by atoms with van der Waals surface area (Å²) in [6.07, 6.45) is 3.66. The lowest BCUT2D eigenvalue weighted by Crippen LogP contribution is -2.19. The molecule has 66 valence electrons. The molecule has 0 spiro atoms. The van der Waals surface area contributed by atoms with Crippen LogP contribution in [0.1, 0.15) is 39.5 Å². The zero-order valence-corrected chi connectivity index (χ0v) is 7.38. The zero-order chi connectivity index (χ0) is 8.48. The van der Waals surface area contributed by atoms with Crippen molar-refractivity contribution in [3.05, 3.63) is 0 Å². The molecule has 2 unspecified atom stereocenters. The molecule has 0 bridgehead atoms. The Morgan fingerprint density at radius 2 is 1.82 bits per heavy atom. The summed E-state index contributed by atoms with van der Waals surface area (Å²) in [6.45, 7) is 3.66. The third-order valence-corrected chi connectivity index (χ3v) is 2.84. The fourth-order valence-electron chi connectivity index (χ4n) is 1.53. The standard InChI is InChI=1S/C9H18O2/c1-7(10)3-4-9(5-6-9)8(2)11/h7-8,10-11H,3-6H2,1-2H3. The van der Waals surface area contributed by atoms with Crippen molar-refractivity contribution in [3.8, 4) is 0 Å². The van der Waals surface area contributed by atoms with Gasteiger partial charge in [-0.2, -0.15) is 0 Å². The van der Waals surface area contributed by atoms with Crippen molar-refractivity contribution in [1.29, 1.82) is 0 Å². The van der Waals surface area contributed by atoms with Crippen molar-refractivity contribution >= 4 is 0 Å². The molecule has 1 rings (SSSR count). The van der Waals surface area contributed by atoms with E-state index in [0.717, 1.165) is 25.7 Å². The fraction of sp³-hybridized carbons (Fsp3) is 1.00. The highest BCUT2D eigenvalue weighted by Gasteiger charge is 2.46. The Morgan fingerprint density at radius 1 is 1.27 bits per heavy atom. The first-order valence-electron chi connectivity index (χ1n) is 4.43. The van der Waals surface area contributed by atoms with E-state index in [1.807, 2.05) is 6.92 Å². The van der Waals surface area contributed by atoms with E-state index in [9.17, 15) is 5.11 Å². The van der Waals surface area contributed by atoms with Gasteiger partial charge in [-0.25, -0.2) is 0 Å². The Kier molecular flexibility index (Phi) is 2.55. The summed E-state index contributed by atoms with van der Waals surface area (Å²) in [6, 6.07) is 0. The van der Waals surface area contributed by atoms with Crippen molar-refractivity contribution in [2.24, 2.45) is 5.41 Å². The largest absolute Gasteiger partial charge is 0.393 e. The van der Waals surface area contributed by atoms with Crippen LogP contribution in [0.25, 0.3) is 0 Å². The molecule has 0 heterocycles. The molecule has 0 aromatic carbocycles. The summed E-state index contributed by atoms with van der Waals surface area (Å²) in [5.74, 6) is 0. The molecule has 2 atom stereocenters. The smallest absolute Gasteiger partial charge is 0.0568 e. The molecule has 1 aliphatic rings. The number of rotatable bonds is 4. The first-order valence-corrected chi connectivity index (χ1v) is 4.43. The van der Waals surface area contributed by atoms with E-state index in [1.165, 1.54) is 0 Å². The van der Waals surface area contributed by atoms with Crippen molar-refractivity contribution in [2.45, 2.75) is 51.7 Å². The van der Waals surface area contributed by atoms with Crippen LogP contribution in [0.2, 0.25) is 0 Å². The van der Waals surface area contributed by atoms with E-state index in [-0.39, 0.29) is 17.6 Å². The first kappa shape index (κ1) is 9.01. The maximum Gasteiger partial charge on any atom is 0.0568 e. The molecule has 11 heavy (non-hydrogen) atoms. The van der Waals surface area contributed by atoms with Gasteiger partial charge >= 0.3 is 0 Å². The number of aliphatic hydroxyl groups excluding tert-OH is 2. The summed E-state index contributed by atoms with van der Waals surface area (Å²) >= 11 is 0. The molecule has 0 amide bonds. The van der Waals surface area contributed by atoms with Gasteiger partial charge in [0.05, 0.1) is 12.2 Å². The predicted molar refractivity (Wildman–Crippen MR) is 44.3 cm³/mol. The van der Waals surface area contributed by atoms with Gasteiger partial charge in [0.2, 0.25) is 0 Å². The van der Waals surface area contributed by atoms with Crippen LogP contribution in [0.3, 0.4) is 0 Å². The highest BCUT2D eigenvalue weighted by molar-refractivity contribution is 4.96. The van der Waals surface area contributed by atoms with Crippen molar-refractivity contribution in [3.63, 3.8) is 0 Å². The highest BCUT2D eigenvalue weighted by atomic mass is 16.3. The first-order chi connectivity index (χ1) is 5.07. The van der Waals surface area contributed by atoms with Crippen LogP contribution in [0, 0.1) is 5.41 Å². The van der Waals surface area contributed by atoms with Gasteiger partial charge in [-0.3, -0.25) is 0 Å². The Hall–Kier alpha value is -0.0800. The second-order valence-electron chi connectivity index (χ2n) is 3.93. The minimum Gasteiger partial charge on any atom is -0.393 e. The molecule has 1 saturated carbocycles. The predicted octanol–water partition coefficient (Wildman–Crippen LogP) is 1.31. The molecule has 2 nitrogen and oxygen atoms in total. The van der Waals surface area contributed by atoms with E-state index in [0.29, 0.717) is 0 Å². The Morgan fingerprint density at radius 3 is 2.09 bits per heavy atom. The van der Waals surface area contributed by atoms with Crippen LogP contribution in [-0.2, 0) is 0 Å². The second kappa shape index (κ2) is 3.11. The number of hydrogen-bond acceptors (Lipinski definition) is 2. The highest BCUT2D eigenvalue weighted by Crippen LogP contribution is 2.52. The summed E-state index contributed by atoms with van der Waals surface area (Å²) < 4.78 is 0. The maximum absolute atomic E-state index is 9.37. The average Bonchev–Trinajstić information content (AvgIpc) is 2.63. The van der Waals surface area contributed by atoms with E-state index in [4.69, 9.17) is 5.11 Å². The quantitative estimate of drug-likeness (QED) is 0.647. The minimum absolute atomic E-state index is 0.178. The molecule has 2 heteroatoms. The van der Waals surface area contributed by atoms with Crippen LogP contribution in [-0.4, -0.2) is 22.4 Å². The lowest BCUT2D eigenvalue weighted by molar-refractivity contribution is 0.0882. The van der Waals surface area contributed by atoms with E-state index in [1.54, 1.807) is 6.92 Å². The van der Waals surface area contributed by atoms with Crippen LogP contribution >= 0.6 is 0 Å². The Bertz CT molecular complexity index is 126. The van der Waals surface area contributed by atoms with Gasteiger partial charge in [-0.15, -0.1) is 0 Å². The molecular weight excluding hydrogens is 140 g/mol. The molecule has 1 aliphatic carbocycles. The van der Waals surface area contributed by atoms with Gasteiger partial charge in [-0.05, 0) is 44.9 Å². The number of hydrogen-bond donors (Lipinski definition) is 2. The van der Waals surface area contributed by atoms with E-state index >= 15 is 0 Å². The SMILES string of the molecule is CC(O)CCC1(C(C)O)CC1. The minimum atomic E-state index is -0.216. The summed E-state index contributed by atoms with van der Waals surface area (Å²) in [4.78, 5) is 0. The van der Waals surface area contributed by atoms with Gasteiger partial charge in [0.15, 0.2) is 0 Å². The number of aliphatic hydroxyl groups is 2. The van der Waals surface area contributed by atoms with Gasteiger partial charge in [-0.1, -0.05) is 0 Å². The Balaban J connectivity index is 2.25. The van der Waals surface area contributed by atoms with Crippen molar-refractivity contribution in [2.75, 3.05) is 0 Å². The zero-order valence-electron chi connectivity index (χ0n) is 7.38. The second-order valence-corrected chi connectivity index (χ2v) is 3.93. The molecule has 2 N–H and O–H groups in total. The molecule has 0 aromatic heterocycles. The maximum atomic E-state index is 9.37. The topological polar surface area (TPSA) is 40.5 Å². The normalized spacial score (nSPS) is 26.2. The van der Waals surface area contributed by atoms with Gasteiger partial charge in [0.1, 0.15) is 0 Å². The van der Waals surface area contributed by atoms with Gasteiger partial charge < -0.3 is 10.2 Å².